The van der Waals surface area contributed by atoms with Gasteiger partial charge in [-0.3, -0.25) is 4.79 Å². The van der Waals surface area contributed by atoms with Gasteiger partial charge in [-0.2, -0.15) is 0 Å². The topological polar surface area (TPSA) is 86.5 Å². The molecule has 0 aliphatic rings. The predicted octanol–water partition coefficient (Wildman–Crippen LogP) is 5.26. The molecule has 10 heteroatoms. The van der Waals surface area contributed by atoms with E-state index in [1.165, 1.54) is 0 Å². The normalized spacial score (nSPS) is 11.7. The van der Waals surface area contributed by atoms with E-state index in [1.807, 2.05) is 0 Å². The minimum Gasteiger partial charge on any atom is -0.497 e. The lowest BCUT2D eigenvalue weighted by Crippen LogP contribution is -2.13. The molecule has 3 rings (SSSR count). The van der Waals surface area contributed by atoms with Gasteiger partial charge in [0.15, 0.2) is 6.10 Å². The summed E-state index contributed by atoms with van der Waals surface area (Å²) >= 11 is 13.1. The van der Waals surface area contributed by atoms with Crippen LogP contribution in [0.25, 0.3) is 0 Å². The summed E-state index contributed by atoms with van der Waals surface area (Å²) in [6.45, 7) is 1.75. The van der Waals surface area contributed by atoms with E-state index < -0.39 is 6.10 Å². The first kappa shape index (κ1) is 21.3. The molecule has 0 saturated carbocycles. The quantitative estimate of drug-likeness (QED) is 0.465. The molecule has 29 heavy (non-hydrogen) atoms. The molecular formula is C19H17Cl2N3O4S. The van der Waals surface area contributed by atoms with Gasteiger partial charge in [0.25, 0.3) is 11.1 Å². The molecule has 1 aromatic heterocycles. The largest absolute Gasteiger partial charge is 0.497 e. The number of nitrogens with zero attached hydrogens (tertiary/aromatic N) is 2. The van der Waals surface area contributed by atoms with Crippen molar-refractivity contribution >= 4 is 46.6 Å². The highest BCUT2D eigenvalue weighted by atomic mass is 35.5. The molecule has 0 radical (unpaired) electrons. The van der Waals surface area contributed by atoms with Crippen molar-refractivity contribution in [3.05, 3.63) is 58.4 Å². The number of ether oxygens (including phenoxy) is 2. The summed E-state index contributed by atoms with van der Waals surface area (Å²) in [4.78, 5) is 12.1. The van der Waals surface area contributed by atoms with Gasteiger partial charge in [0, 0.05) is 16.8 Å². The van der Waals surface area contributed by atoms with E-state index in [0.29, 0.717) is 27.2 Å². The van der Waals surface area contributed by atoms with E-state index in [9.17, 15) is 4.79 Å². The van der Waals surface area contributed by atoms with Crippen LogP contribution < -0.4 is 14.8 Å². The number of nitrogens with one attached hydrogen (secondary N) is 1. The lowest BCUT2D eigenvalue weighted by molar-refractivity contribution is -0.113. The number of aromatic nitrogens is 2. The standard InChI is InChI=1S/C19H17Cl2N3O4S/c1-11(27-16-7-6-12(20)8-15(16)21)18-23-24-19(28-18)29-10-17(25)22-13-4-3-5-14(9-13)26-2/h3-9,11H,10H2,1-2H3,(H,22,25)/t11-/m0/s1. The first-order valence-electron chi connectivity index (χ1n) is 8.46. The second kappa shape index (κ2) is 9.87. The predicted molar refractivity (Wildman–Crippen MR) is 112 cm³/mol. The van der Waals surface area contributed by atoms with Crippen molar-refractivity contribution in [2.75, 3.05) is 18.2 Å². The number of methoxy groups -OCH3 is 1. The van der Waals surface area contributed by atoms with Crippen molar-refractivity contribution < 1.29 is 18.7 Å². The maximum absolute atomic E-state index is 12.1. The number of benzene rings is 2. The summed E-state index contributed by atoms with van der Waals surface area (Å²) in [6, 6.07) is 12.0. The van der Waals surface area contributed by atoms with Crippen molar-refractivity contribution in [1.29, 1.82) is 0 Å². The van der Waals surface area contributed by atoms with E-state index in [4.69, 9.17) is 37.1 Å². The number of halogens is 2. The molecule has 0 aliphatic heterocycles. The molecule has 0 aliphatic carbocycles. The second-order valence-corrected chi connectivity index (χ2v) is 7.58. The zero-order chi connectivity index (χ0) is 20.8. The van der Waals surface area contributed by atoms with Crippen molar-refractivity contribution in [2.24, 2.45) is 0 Å². The van der Waals surface area contributed by atoms with E-state index in [1.54, 1.807) is 56.5 Å². The molecule has 1 atom stereocenters. The lowest BCUT2D eigenvalue weighted by Gasteiger charge is -2.12. The van der Waals surface area contributed by atoms with Crippen molar-refractivity contribution in [2.45, 2.75) is 18.3 Å². The number of carbonyl (C=O) groups excluding carboxylic acids is 1. The van der Waals surface area contributed by atoms with Crippen LogP contribution in [0, 0.1) is 0 Å². The zero-order valence-electron chi connectivity index (χ0n) is 15.5. The number of carbonyl (C=O) groups is 1. The highest BCUT2D eigenvalue weighted by Gasteiger charge is 2.18. The number of hydrogen-bond acceptors (Lipinski definition) is 7. The third-order valence-corrected chi connectivity index (χ3v) is 5.00. The Balaban J connectivity index is 1.53. The number of amides is 1. The van der Waals surface area contributed by atoms with Crippen molar-refractivity contribution in [3.8, 4) is 11.5 Å². The fraction of sp³-hybridized carbons (Fsp3) is 0.211. The highest BCUT2D eigenvalue weighted by molar-refractivity contribution is 7.99. The van der Waals surface area contributed by atoms with Crippen LogP contribution >= 0.6 is 35.0 Å². The Labute approximate surface area is 181 Å². The molecule has 0 bridgehead atoms. The minimum atomic E-state index is -0.527. The maximum atomic E-state index is 12.1. The number of anilines is 1. The Morgan fingerprint density at radius 3 is 2.83 bits per heavy atom. The Kier molecular flexibility index (Phi) is 7.24. The monoisotopic (exact) mass is 453 g/mol. The summed E-state index contributed by atoms with van der Waals surface area (Å²) in [5.74, 6) is 1.28. The number of rotatable bonds is 8. The Bertz CT molecular complexity index is 999. The molecule has 1 amide bonds. The second-order valence-electron chi connectivity index (χ2n) is 5.81. The summed E-state index contributed by atoms with van der Waals surface area (Å²) in [5.41, 5.74) is 0.642. The van der Waals surface area contributed by atoms with Crippen LogP contribution in [0.2, 0.25) is 10.0 Å². The third kappa shape index (κ3) is 6.03. The van der Waals surface area contributed by atoms with Crippen molar-refractivity contribution in [3.63, 3.8) is 0 Å². The van der Waals surface area contributed by atoms with Gasteiger partial charge in [0.1, 0.15) is 11.5 Å². The highest BCUT2D eigenvalue weighted by Crippen LogP contribution is 2.31. The van der Waals surface area contributed by atoms with E-state index >= 15 is 0 Å². The molecular weight excluding hydrogens is 437 g/mol. The first-order chi connectivity index (χ1) is 13.9. The first-order valence-corrected chi connectivity index (χ1v) is 10.2. The third-order valence-electron chi connectivity index (χ3n) is 3.65. The average molecular weight is 454 g/mol. The summed E-state index contributed by atoms with van der Waals surface area (Å²) in [5, 5.41) is 11.8. The molecule has 1 N–H and O–H groups in total. The number of hydrogen-bond donors (Lipinski definition) is 1. The van der Waals surface area contributed by atoms with Crippen LogP contribution in [0.3, 0.4) is 0 Å². The summed E-state index contributed by atoms with van der Waals surface area (Å²) < 4.78 is 16.4. The molecule has 0 fully saturated rings. The van der Waals surface area contributed by atoms with Gasteiger partial charge < -0.3 is 19.2 Å². The van der Waals surface area contributed by atoms with Crippen LogP contribution in [0.5, 0.6) is 11.5 Å². The van der Waals surface area contributed by atoms with Crippen LogP contribution in [-0.2, 0) is 4.79 Å². The van der Waals surface area contributed by atoms with Gasteiger partial charge in [0.2, 0.25) is 5.91 Å². The maximum Gasteiger partial charge on any atom is 0.277 e. The fourth-order valence-corrected chi connectivity index (χ4v) is 3.30. The van der Waals surface area contributed by atoms with Gasteiger partial charge in [0.05, 0.1) is 17.9 Å². The van der Waals surface area contributed by atoms with Crippen LogP contribution in [0.4, 0.5) is 5.69 Å². The molecule has 3 aromatic rings. The zero-order valence-corrected chi connectivity index (χ0v) is 17.8. The SMILES string of the molecule is COc1cccc(NC(=O)CSc2nnc([C@H](C)Oc3ccc(Cl)cc3Cl)o2)c1. The van der Waals surface area contributed by atoms with Gasteiger partial charge in [-0.15, -0.1) is 10.2 Å². The van der Waals surface area contributed by atoms with Gasteiger partial charge in [-0.05, 0) is 37.3 Å². The number of thioether (sulfide) groups is 1. The molecule has 0 saturated heterocycles. The van der Waals surface area contributed by atoms with Gasteiger partial charge >= 0.3 is 0 Å². The Morgan fingerprint density at radius 1 is 1.24 bits per heavy atom. The molecule has 1 heterocycles. The summed E-state index contributed by atoms with van der Waals surface area (Å²) in [7, 11) is 1.57. The Morgan fingerprint density at radius 2 is 2.07 bits per heavy atom. The van der Waals surface area contributed by atoms with Crippen LogP contribution in [-0.4, -0.2) is 29.0 Å². The van der Waals surface area contributed by atoms with Gasteiger partial charge in [-0.25, -0.2) is 0 Å². The van der Waals surface area contributed by atoms with Crippen LogP contribution in [0.1, 0.15) is 18.9 Å². The molecule has 7 nitrogen and oxygen atoms in total. The van der Waals surface area contributed by atoms with E-state index in [-0.39, 0.29) is 22.8 Å². The summed E-state index contributed by atoms with van der Waals surface area (Å²) in [6.07, 6.45) is -0.527. The van der Waals surface area contributed by atoms with Crippen LogP contribution in [0.15, 0.2) is 52.1 Å². The molecule has 0 unspecified atom stereocenters. The van der Waals surface area contributed by atoms with Crippen molar-refractivity contribution in [1.82, 2.24) is 10.2 Å². The fourth-order valence-electron chi connectivity index (χ4n) is 2.28. The minimum absolute atomic E-state index is 0.108. The molecule has 0 spiro atoms. The smallest absolute Gasteiger partial charge is 0.277 e. The average Bonchev–Trinajstić information content (AvgIpc) is 3.18. The van der Waals surface area contributed by atoms with E-state index in [2.05, 4.69) is 15.5 Å². The lowest BCUT2D eigenvalue weighted by atomic mass is 10.3. The molecule has 152 valence electrons. The molecule has 2 aromatic carbocycles. The van der Waals surface area contributed by atoms with E-state index in [0.717, 1.165) is 11.8 Å². The van der Waals surface area contributed by atoms with Gasteiger partial charge in [-0.1, -0.05) is 41.0 Å². The Hall–Kier alpha value is -2.42.